The van der Waals surface area contributed by atoms with Crippen molar-refractivity contribution in [3.63, 3.8) is 0 Å². The summed E-state index contributed by atoms with van der Waals surface area (Å²) in [6.07, 6.45) is 3.23. The molecule has 0 spiro atoms. The summed E-state index contributed by atoms with van der Waals surface area (Å²) in [6, 6.07) is 4.22. The number of amides is 2. The van der Waals surface area contributed by atoms with Gasteiger partial charge in [0.1, 0.15) is 5.69 Å². The van der Waals surface area contributed by atoms with Crippen LogP contribution in [-0.4, -0.2) is 41.0 Å². The molecule has 2 aromatic heterocycles. The normalized spacial score (nSPS) is 10.2. The van der Waals surface area contributed by atoms with Crippen molar-refractivity contribution in [2.75, 3.05) is 13.1 Å². The zero-order valence-electron chi connectivity index (χ0n) is 13.0. The number of carbonyl (C=O) groups excluding carboxylic acids is 2. The van der Waals surface area contributed by atoms with Gasteiger partial charge < -0.3 is 20.2 Å². The molecule has 0 saturated heterocycles. The third-order valence-electron chi connectivity index (χ3n) is 3.23. The van der Waals surface area contributed by atoms with Gasteiger partial charge in [-0.1, -0.05) is 0 Å². The monoisotopic (exact) mass is 331 g/mol. The predicted molar refractivity (Wildman–Crippen MR) is 83.9 cm³/mol. The third-order valence-corrected chi connectivity index (χ3v) is 3.23. The van der Waals surface area contributed by atoms with E-state index in [1.54, 1.807) is 13.0 Å². The molecule has 0 aromatic carbocycles. The number of carboxylic acid groups (broad SMARTS) is 1. The van der Waals surface area contributed by atoms with Gasteiger partial charge in [0.2, 0.25) is 0 Å². The van der Waals surface area contributed by atoms with Crippen LogP contribution in [0, 0.1) is 6.92 Å². The van der Waals surface area contributed by atoms with Crippen LogP contribution in [0.15, 0.2) is 35.1 Å². The first-order chi connectivity index (χ1) is 11.5. The Morgan fingerprint density at radius 1 is 1.17 bits per heavy atom. The second-order valence-corrected chi connectivity index (χ2v) is 5.03. The molecule has 3 N–H and O–H groups in total. The molecule has 0 aliphatic heterocycles. The zero-order chi connectivity index (χ0) is 17.5. The number of rotatable bonds is 7. The third kappa shape index (κ3) is 4.42. The number of aryl methyl sites for hydroxylation is 1. The fourth-order valence-corrected chi connectivity index (χ4v) is 1.96. The molecule has 126 valence electrons. The lowest BCUT2D eigenvalue weighted by Crippen LogP contribution is -2.30. The topological polar surface area (TPSA) is 122 Å². The Morgan fingerprint density at radius 3 is 2.50 bits per heavy atom. The fourth-order valence-electron chi connectivity index (χ4n) is 1.96. The maximum atomic E-state index is 11.9. The highest BCUT2D eigenvalue weighted by molar-refractivity contribution is 5.95. The minimum atomic E-state index is -1.12. The van der Waals surface area contributed by atoms with Gasteiger partial charge in [0, 0.05) is 24.8 Å². The Balaban J connectivity index is 1.73. The van der Waals surface area contributed by atoms with Crippen LogP contribution in [0.3, 0.4) is 0 Å². The zero-order valence-corrected chi connectivity index (χ0v) is 13.0. The van der Waals surface area contributed by atoms with Gasteiger partial charge in [-0.2, -0.15) is 0 Å². The lowest BCUT2D eigenvalue weighted by molar-refractivity contribution is 0.0696. The van der Waals surface area contributed by atoms with E-state index in [0.29, 0.717) is 19.5 Å². The van der Waals surface area contributed by atoms with Crippen LogP contribution in [0.4, 0.5) is 0 Å². The standard InChI is InChI=1S/C16H17N3O5/c1-10-4-8-24-13(10)15(21)19-6-2-5-18-14(20)12-9-11(16(22)23)3-7-17-12/h3-4,7-9H,2,5-6H2,1H3,(H,18,20)(H,19,21)(H,22,23). The summed E-state index contributed by atoms with van der Waals surface area (Å²) in [6.45, 7) is 2.45. The van der Waals surface area contributed by atoms with E-state index in [4.69, 9.17) is 9.52 Å². The molecule has 0 unspecified atom stereocenters. The van der Waals surface area contributed by atoms with Gasteiger partial charge in [-0.25, -0.2) is 4.79 Å². The summed E-state index contributed by atoms with van der Waals surface area (Å²) < 4.78 is 5.07. The van der Waals surface area contributed by atoms with Crippen LogP contribution in [0.25, 0.3) is 0 Å². The maximum Gasteiger partial charge on any atom is 0.335 e. The van der Waals surface area contributed by atoms with E-state index in [0.717, 1.165) is 5.56 Å². The maximum absolute atomic E-state index is 11.9. The molecule has 0 radical (unpaired) electrons. The van der Waals surface area contributed by atoms with Gasteiger partial charge >= 0.3 is 5.97 Å². The highest BCUT2D eigenvalue weighted by atomic mass is 16.4. The number of nitrogens with zero attached hydrogens (tertiary/aromatic N) is 1. The lowest BCUT2D eigenvalue weighted by Gasteiger charge is -2.06. The molecule has 8 nitrogen and oxygen atoms in total. The molecule has 2 amide bonds. The van der Waals surface area contributed by atoms with Crippen LogP contribution in [0.1, 0.15) is 43.4 Å². The molecule has 0 aliphatic carbocycles. The molecule has 8 heteroatoms. The van der Waals surface area contributed by atoms with Crippen molar-refractivity contribution in [3.8, 4) is 0 Å². The summed E-state index contributed by atoms with van der Waals surface area (Å²) in [5.41, 5.74) is 0.784. The quantitative estimate of drug-likeness (QED) is 0.656. The van der Waals surface area contributed by atoms with E-state index >= 15 is 0 Å². The van der Waals surface area contributed by atoms with Crippen LogP contribution >= 0.6 is 0 Å². The van der Waals surface area contributed by atoms with Crippen LogP contribution < -0.4 is 10.6 Å². The summed E-state index contributed by atoms with van der Waals surface area (Å²) in [5, 5.41) is 14.2. The molecule has 0 atom stereocenters. The van der Waals surface area contributed by atoms with E-state index in [-0.39, 0.29) is 22.9 Å². The molecular weight excluding hydrogens is 314 g/mol. The van der Waals surface area contributed by atoms with Gasteiger partial charge in [0.25, 0.3) is 11.8 Å². The van der Waals surface area contributed by atoms with Crippen LogP contribution in [0.2, 0.25) is 0 Å². The molecule has 2 aromatic rings. The molecule has 2 rings (SSSR count). The van der Waals surface area contributed by atoms with E-state index in [1.165, 1.54) is 24.6 Å². The molecule has 2 heterocycles. The Kier molecular flexibility index (Phi) is 5.67. The Labute approximate surface area is 137 Å². The lowest BCUT2D eigenvalue weighted by atomic mass is 10.2. The number of hydrogen-bond donors (Lipinski definition) is 3. The summed E-state index contributed by atoms with van der Waals surface area (Å²) in [7, 11) is 0. The van der Waals surface area contributed by atoms with Crippen molar-refractivity contribution in [2.24, 2.45) is 0 Å². The Morgan fingerprint density at radius 2 is 1.88 bits per heavy atom. The number of carboxylic acids is 1. The van der Waals surface area contributed by atoms with Crippen LogP contribution in [-0.2, 0) is 0 Å². The molecule has 0 fully saturated rings. The smallest absolute Gasteiger partial charge is 0.335 e. The van der Waals surface area contributed by atoms with E-state index in [9.17, 15) is 14.4 Å². The van der Waals surface area contributed by atoms with E-state index in [2.05, 4.69) is 15.6 Å². The fraction of sp³-hybridized carbons (Fsp3) is 0.250. The Bertz CT molecular complexity index is 754. The van der Waals surface area contributed by atoms with Crippen molar-refractivity contribution in [2.45, 2.75) is 13.3 Å². The largest absolute Gasteiger partial charge is 0.478 e. The number of aromatic carboxylic acids is 1. The van der Waals surface area contributed by atoms with E-state index in [1.807, 2.05) is 0 Å². The second-order valence-electron chi connectivity index (χ2n) is 5.03. The minimum absolute atomic E-state index is 0.00349. The summed E-state index contributed by atoms with van der Waals surface area (Å²) >= 11 is 0. The first-order valence-corrected chi connectivity index (χ1v) is 7.29. The molecule has 24 heavy (non-hydrogen) atoms. The number of pyridine rings is 1. The molecule has 0 bridgehead atoms. The molecule has 0 aliphatic rings. The summed E-state index contributed by atoms with van der Waals surface area (Å²) in [4.78, 5) is 38.4. The average molecular weight is 331 g/mol. The van der Waals surface area contributed by atoms with Gasteiger partial charge in [0.05, 0.1) is 11.8 Å². The molecule has 0 saturated carbocycles. The number of nitrogens with one attached hydrogen (secondary N) is 2. The number of carbonyl (C=O) groups is 3. The van der Waals surface area contributed by atoms with Crippen molar-refractivity contribution in [1.29, 1.82) is 0 Å². The van der Waals surface area contributed by atoms with Crippen LogP contribution in [0.5, 0.6) is 0 Å². The Hall–Kier alpha value is -3.16. The van der Waals surface area contributed by atoms with Gasteiger partial charge in [-0.15, -0.1) is 0 Å². The number of aromatic nitrogens is 1. The highest BCUT2D eigenvalue weighted by Gasteiger charge is 2.12. The molecular formula is C16H17N3O5. The van der Waals surface area contributed by atoms with Crippen molar-refractivity contribution in [1.82, 2.24) is 15.6 Å². The highest BCUT2D eigenvalue weighted by Crippen LogP contribution is 2.07. The van der Waals surface area contributed by atoms with Crippen molar-refractivity contribution >= 4 is 17.8 Å². The number of hydrogen-bond acceptors (Lipinski definition) is 5. The number of furan rings is 1. The second kappa shape index (κ2) is 7.91. The average Bonchev–Trinajstić information content (AvgIpc) is 3.00. The summed E-state index contributed by atoms with van der Waals surface area (Å²) in [5.74, 6) is -1.62. The van der Waals surface area contributed by atoms with Crippen molar-refractivity contribution in [3.05, 3.63) is 53.2 Å². The van der Waals surface area contributed by atoms with Crippen molar-refractivity contribution < 1.29 is 23.9 Å². The van der Waals surface area contributed by atoms with Gasteiger partial charge in [0.15, 0.2) is 5.76 Å². The SMILES string of the molecule is Cc1ccoc1C(=O)NCCCNC(=O)c1cc(C(=O)O)ccn1. The minimum Gasteiger partial charge on any atom is -0.478 e. The van der Waals surface area contributed by atoms with Gasteiger partial charge in [-0.05, 0) is 31.5 Å². The van der Waals surface area contributed by atoms with E-state index < -0.39 is 11.9 Å². The predicted octanol–water partition coefficient (Wildman–Crippen LogP) is 1.23. The first kappa shape index (κ1) is 17.2. The first-order valence-electron chi connectivity index (χ1n) is 7.29. The van der Waals surface area contributed by atoms with Gasteiger partial charge in [-0.3, -0.25) is 14.6 Å².